The maximum atomic E-state index is 12.2. The molecule has 29 heavy (non-hydrogen) atoms. The summed E-state index contributed by atoms with van der Waals surface area (Å²) in [7, 11) is 0. The molecule has 1 fully saturated rings. The molecule has 1 aliphatic heterocycles. The molecule has 0 unspecified atom stereocenters. The van der Waals surface area contributed by atoms with Crippen molar-refractivity contribution in [2.24, 2.45) is 0 Å². The van der Waals surface area contributed by atoms with Crippen molar-refractivity contribution in [2.75, 3.05) is 24.6 Å². The highest BCUT2D eigenvalue weighted by atomic mass is 32.2. The molecular weight excluding hydrogens is 384 g/mol. The lowest BCUT2D eigenvalue weighted by atomic mass is 10.1. The van der Waals surface area contributed by atoms with Gasteiger partial charge in [0, 0.05) is 59.7 Å². The summed E-state index contributed by atoms with van der Waals surface area (Å²) in [5.74, 6) is 3.02. The largest absolute Gasteiger partial charge is 0.454 e. The summed E-state index contributed by atoms with van der Waals surface area (Å²) >= 11 is 2.01. The number of benzene rings is 1. The van der Waals surface area contributed by atoms with E-state index in [1.807, 2.05) is 56.1 Å². The second-order valence-corrected chi connectivity index (χ2v) is 8.81. The van der Waals surface area contributed by atoms with Crippen molar-refractivity contribution in [3.8, 4) is 11.3 Å². The van der Waals surface area contributed by atoms with Crippen molar-refractivity contribution in [3.05, 3.63) is 63.8 Å². The van der Waals surface area contributed by atoms with Crippen LogP contribution in [0.15, 0.2) is 50.2 Å². The molecule has 1 saturated heterocycles. The lowest BCUT2D eigenvalue weighted by Gasteiger charge is -2.26. The fraction of sp³-hybridized carbons (Fsp3) is 0.304. The van der Waals surface area contributed by atoms with Crippen LogP contribution in [0.3, 0.4) is 0 Å². The van der Waals surface area contributed by atoms with E-state index in [-0.39, 0.29) is 5.63 Å². The summed E-state index contributed by atoms with van der Waals surface area (Å²) in [5, 5.41) is 1.94. The molecule has 3 aromatic heterocycles. The Morgan fingerprint density at radius 2 is 1.90 bits per heavy atom. The Hall–Kier alpha value is -2.57. The standard InChI is InChI=1S/C23H22N2O3S/c1-14-3-4-17-19(11-22(26)27-20(17)9-14)21-10-18-16(12-24-15(2)23(18)28-21)13-25-5-7-29-8-6-25/h3-4,9-12H,5-8,13H2,1-2H3. The Morgan fingerprint density at radius 1 is 1.07 bits per heavy atom. The van der Waals surface area contributed by atoms with Gasteiger partial charge in [0.05, 0.1) is 5.69 Å². The molecule has 1 aromatic carbocycles. The van der Waals surface area contributed by atoms with Gasteiger partial charge in [-0.3, -0.25) is 9.88 Å². The normalized spacial score (nSPS) is 15.4. The van der Waals surface area contributed by atoms with Gasteiger partial charge in [0.15, 0.2) is 5.58 Å². The highest BCUT2D eigenvalue weighted by Gasteiger charge is 2.18. The smallest absolute Gasteiger partial charge is 0.336 e. The van der Waals surface area contributed by atoms with Crippen molar-refractivity contribution in [3.63, 3.8) is 0 Å². The van der Waals surface area contributed by atoms with E-state index in [1.54, 1.807) is 0 Å². The van der Waals surface area contributed by atoms with Gasteiger partial charge in [-0.1, -0.05) is 12.1 Å². The van der Waals surface area contributed by atoms with Crippen molar-refractivity contribution < 1.29 is 8.83 Å². The number of pyridine rings is 1. The minimum atomic E-state index is -0.376. The molecule has 0 atom stereocenters. The molecule has 4 aromatic rings. The third-order valence-corrected chi connectivity index (χ3v) is 6.43. The van der Waals surface area contributed by atoms with Crippen LogP contribution in [0.1, 0.15) is 16.8 Å². The van der Waals surface area contributed by atoms with Crippen LogP contribution < -0.4 is 5.63 Å². The number of thioether (sulfide) groups is 1. The van der Waals surface area contributed by atoms with E-state index >= 15 is 0 Å². The van der Waals surface area contributed by atoms with Gasteiger partial charge in [0.2, 0.25) is 0 Å². The topological polar surface area (TPSA) is 59.5 Å². The maximum Gasteiger partial charge on any atom is 0.336 e. The molecule has 0 radical (unpaired) electrons. The van der Waals surface area contributed by atoms with E-state index in [9.17, 15) is 4.79 Å². The summed E-state index contributed by atoms with van der Waals surface area (Å²) in [6.07, 6.45) is 1.96. The molecule has 0 saturated carbocycles. The molecular formula is C23H22N2O3S. The SMILES string of the molecule is Cc1ccc2c(-c3cc4c(CN5CCSCC5)cnc(C)c4o3)cc(=O)oc2c1. The van der Waals surface area contributed by atoms with E-state index in [0.717, 1.165) is 58.4 Å². The summed E-state index contributed by atoms with van der Waals surface area (Å²) in [6.45, 7) is 6.98. The zero-order valence-electron chi connectivity index (χ0n) is 16.5. The summed E-state index contributed by atoms with van der Waals surface area (Å²) < 4.78 is 11.7. The molecule has 1 aliphatic rings. The van der Waals surface area contributed by atoms with Gasteiger partial charge in [-0.2, -0.15) is 11.8 Å². The lowest BCUT2D eigenvalue weighted by molar-refractivity contribution is 0.295. The molecule has 0 amide bonds. The van der Waals surface area contributed by atoms with Gasteiger partial charge < -0.3 is 8.83 Å². The minimum Gasteiger partial charge on any atom is -0.454 e. The minimum absolute atomic E-state index is 0.376. The van der Waals surface area contributed by atoms with Crippen LogP contribution in [0, 0.1) is 13.8 Å². The van der Waals surface area contributed by atoms with Crippen LogP contribution in [0.5, 0.6) is 0 Å². The molecule has 4 heterocycles. The van der Waals surface area contributed by atoms with Crippen molar-refractivity contribution in [1.29, 1.82) is 0 Å². The van der Waals surface area contributed by atoms with Crippen molar-refractivity contribution >= 4 is 33.7 Å². The van der Waals surface area contributed by atoms with Gasteiger partial charge in [0.1, 0.15) is 11.3 Å². The first-order chi connectivity index (χ1) is 14.1. The van der Waals surface area contributed by atoms with Crippen LogP contribution in [0.25, 0.3) is 33.3 Å². The van der Waals surface area contributed by atoms with Crippen molar-refractivity contribution in [1.82, 2.24) is 9.88 Å². The zero-order valence-corrected chi connectivity index (χ0v) is 17.3. The number of hydrogen-bond acceptors (Lipinski definition) is 6. The first-order valence-electron chi connectivity index (χ1n) is 9.81. The fourth-order valence-electron chi connectivity index (χ4n) is 3.93. The number of rotatable bonds is 3. The molecule has 6 heteroatoms. The molecule has 0 bridgehead atoms. The van der Waals surface area contributed by atoms with Gasteiger partial charge in [-0.05, 0) is 37.1 Å². The van der Waals surface area contributed by atoms with E-state index in [0.29, 0.717) is 11.3 Å². The Balaban J connectivity index is 1.65. The van der Waals surface area contributed by atoms with Gasteiger partial charge in [-0.15, -0.1) is 0 Å². The zero-order chi connectivity index (χ0) is 20.0. The molecule has 0 N–H and O–H groups in total. The summed E-state index contributed by atoms with van der Waals surface area (Å²) in [4.78, 5) is 19.2. The maximum absolute atomic E-state index is 12.2. The van der Waals surface area contributed by atoms with Gasteiger partial charge >= 0.3 is 5.63 Å². The third-order valence-electron chi connectivity index (χ3n) is 5.48. The first kappa shape index (κ1) is 18.5. The van der Waals surface area contributed by atoms with Crippen molar-refractivity contribution in [2.45, 2.75) is 20.4 Å². The monoisotopic (exact) mass is 406 g/mol. The number of fused-ring (bicyclic) bond motifs is 2. The molecule has 0 spiro atoms. The Kier molecular flexibility index (Phi) is 4.68. The number of aromatic nitrogens is 1. The molecule has 148 valence electrons. The number of furan rings is 1. The van der Waals surface area contributed by atoms with E-state index in [1.165, 1.54) is 17.6 Å². The number of aryl methyl sites for hydroxylation is 2. The predicted molar refractivity (Wildman–Crippen MR) is 118 cm³/mol. The highest BCUT2D eigenvalue weighted by Crippen LogP contribution is 2.35. The van der Waals surface area contributed by atoms with Crippen LogP contribution >= 0.6 is 11.8 Å². The fourth-order valence-corrected chi connectivity index (χ4v) is 4.91. The van der Waals surface area contributed by atoms with Crippen LogP contribution in [-0.4, -0.2) is 34.5 Å². The van der Waals surface area contributed by atoms with Gasteiger partial charge in [-0.25, -0.2) is 4.79 Å². The molecule has 0 aliphatic carbocycles. The Labute approximate surface area is 172 Å². The Bertz CT molecular complexity index is 1270. The lowest BCUT2D eigenvalue weighted by Crippen LogP contribution is -2.32. The first-order valence-corrected chi connectivity index (χ1v) is 11.0. The van der Waals surface area contributed by atoms with E-state index in [4.69, 9.17) is 8.83 Å². The number of nitrogens with zero attached hydrogens (tertiary/aromatic N) is 2. The van der Waals surface area contributed by atoms with Crippen LogP contribution in [0.2, 0.25) is 0 Å². The van der Waals surface area contributed by atoms with E-state index in [2.05, 4.69) is 9.88 Å². The van der Waals surface area contributed by atoms with Crippen LogP contribution in [-0.2, 0) is 6.54 Å². The second-order valence-electron chi connectivity index (χ2n) is 7.59. The average Bonchev–Trinajstić information content (AvgIpc) is 3.16. The molecule has 5 nitrogen and oxygen atoms in total. The quantitative estimate of drug-likeness (QED) is 0.457. The second kappa shape index (κ2) is 7.35. The average molecular weight is 407 g/mol. The summed E-state index contributed by atoms with van der Waals surface area (Å²) in [6, 6.07) is 9.44. The highest BCUT2D eigenvalue weighted by molar-refractivity contribution is 7.99. The van der Waals surface area contributed by atoms with Gasteiger partial charge in [0.25, 0.3) is 0 Å². The molecule has 5 rings (SSSR count). The Morgan fingerprint density at radius 3 is 2.72 bits per heavy atom. The van der Waals surface area contributed by atoms with Crippen LogP contribution in [0.4, 0.5) is 0 Å². The predicted octanol–water partition coefficient (Wildman–Crippen LogP) is 4.77. The van der Waals surface area contributed by atoms with E-state index < -0.39 is 0 Å². The number of hydrogen-bond donors (Lipinski definition) is 0. The summed E-state index contributed by atoms with van der Waals surface area (Å²) in [5.41, 5.74) is 4.81. The third kappa shape index (κ3) is 3.47.